The molecule has 0 saturated carbocycles. The Labute approximate surface area is 103 Å². The summed E-state index contributed by atoms with van der Waals surface area (Å²) in [6, 6.07) is 8.03. The third kappa shape index (κ3) is 4.48. The lowest BCUT2D eigenvalue weighted by Gasteiger charge is -2.16. The van der Waals surface area contributed by atoms with Gasteiger partial charge in [0.2, 0.25) is 0 Å². The van der Waals surface area contributed by atoms with E-state index in [4.69, 9.17) is 16.9 Å². The van der Waals surface area contributed by atoms with Gasteiger partial charge in [-0.1, -0.05) is 18.1 Å². The van der Waals surface area contributed by atoms with Gasteiger partial charge in [-0.05, 0) is 31.5 Å². The highest BCUT2D eigenvalue weighted by Gasteiger charge is 2.08. The van der Waals surface area contributed by atoms with Crippen molar-refractivity contribution in [2.45, 2.75) is 26.0 Å². The van der Waals surface area contributed by atoms with Crippen LogP contribution in [0.25, 0.3) is 0 Å². The molecule has 0 aliphatic heterocycles. The van der Waals surface area contributed by atoms with E-state index in [-0.39, 0.29) is 12.1 Å². The van der Waals surface area contributed by atoms with E-state index < -0.39 is 0 Å². The van der Waals surface area contributed by atoms with Gasteiger partial charge in [-0.2, -0.15) is 0 Å². The smallest absolute Gasteiger partial charge is 0.119 e. The Morgan fingerprint density at radius 1 is 1.35 bits per heavy atom. The van der Waals surface area contributed by atoms with Gasteiger partial charge < -0.3 is 10.5 Å². The third-order valence-corrected chi connectivity index (χ3v) is 2.34. The lowest BCUT2D eigenvalue weighted by atomic mass is 10.1. The van der Waals surface area contributed by atoms with Gasteiger partial charge in [0, 0.05) is 12.6 Å². The van der Waals surface area contributed by atoms with Crippen molar-refractivity contribution in [2.75, 3.05) is 13.1 Å². The highest BCUT2D eigenvalue weighted by atomic mass is 16.5. The molecule has 1 unspecified atom stereocenters. The van der Waals surface area contributed by atoms with Gasteiger partial charge in [0.1, 0.15) is 5.75 Å². The van der Waals surface area contributed by atoms with Crippen molar-refractivity contribution in [1.29, 1.82) is 0 Å². The molecule has 0 heterocycles. The van der Waals surface area contributed by atoms with Crippen LogP contribution in [-0.4, -0.2) is 19.2 Å². The molecule has 0 radical (unpaired) electrons. The van der Waals surface area contributed by atoms with Crippen molar-refractivity contribution in [2.24, 2.45) is 5.73 Å². The molecule has 17 heavy (non-hydrogen) atoms. The number of rotatable bonds is 6. The molecule has 0 spiro atoms. The Balaban J connectivity index is 2.68. The summed E-state index contributed by atoms with van der Waals surface area (Å²) in [5, 5.41) is 3.19. The van der Waals surface area contributed by atoms with Gasteiger partial charge in [-0.3, -0.25) is 5.32 Å². The van der Waals surface area contributed by atoms with E-state index in [0.717, 1.165) is 11.3 Å². The fraction of sp³-hybridized carbons (Fsp3) is 0.429. The zero-order valence-electron chi connectivity index (χ0n) is 10.4. The van der Waals surface area contributed by atoms with Crippen molar-refractivity contribution >= 4 is 0 Å². The van der Waals surface area contributed by atoms with Crippen molar-refractivity contribution in [1.82, 2.24) is 5.32 Å². The summed E-state index contributed by atoms with van der Waals surface area (Å²) in [4.78, 5) is 0. The molecule has 0 fully saturated rings. The zero-order chi connectivity index (χ0) is 12.7. The minimum atomic E-state index is 0.0964. The lowest BCUT2D eigenvalue weighted by Crippen LogP contribution is -2.28. The van der Waals surface area contributed by atoms with Gasteiger partial charge in [-0.15, -0.1) is 6.42 Å². The van der Waals surface area contributed by atoms with Crippen molar-refractivity contribution < 1.29 is 4.74 Å². The number of terminal acetylenes is 1. The van der Waals surface area contributed by atoms with Crippen LogP contribution in [-0.2, 0) is 0 Å². The average molecular weight is 232 g/mol. The zero-order valence-corrected chi connectivity index (χ0v) is 10.4. The first-order chi connectivity index (χ1) is 8.17. The quantitative estimate of drug-likeness (QED) is 0.734. The summed E-state index contributed by atoms with van der Waals surface area (Å²) in [7, 11) is 0. The van der Waals surface area contributed by atoms with Crippen molar-refractivity contribution in [3.05, 3.63) is 29.8 Å². The monoisotopic (exact) mass is 232 g/mol. The molecule has 3 nitrogen and oxygen atoms in total. The Morgan fingerprint density at radius 2 is 2.00 bits per heavy atom. The van der Waals surface area contributed by atoms with Crippen LogP contribution < -0.4 is 15.8 Å². The van der Waals surface area contributed by atoms with E-state index in [2.05, 4.69) is 11.2 Å². The molecule has 1 atom stereocenters. The predicted octanol–water partition coefficient (Wildman–Crippen LogP) is 1.70. The maximum atomic E-state index is 5.70. The standard InChI is InChI=1S/C14H20N2O/c1-4-9-16-14(10-15)12-5-7-13(8-6-12)17-11(2)3/h1,5-8,11,14,16H,9-10,15H2,2-3H3. The predicted molar refractivity (Wildman–Crippen MR) is 70.8 cm³/mol. The summed E-state index contributed by atoms with van der Waals surface area (Å²) < 4.78 is 5.58. The highest BCUT2D eigenvalue weighted by Crippen LogP contribution is 2.18. The largest absolute Gasteiger partial charge is 0.491 e. The van der Waals surface area contributed by atoms with Crippen molar-refractivity contribution in [3.63, 3.8) is 0 Å². The SMILES string of the molecule is C#CCNC(CN)c1ccc(OC(C)C)cc1. The summed E-state index contributed by atoms with van der Waals surface area (Å²) in [5.41, 5.74) is 6.83. The van der Waals surface area contributed by atoms with Crippen LogP contribution in [0.2, 0.25) is 0 Å². The van der Waals surface area contributed by atoms with Gasteiger partial charge in [0.05, 0.1) is 12.6 Å². The number of benzene rings is 1. The van der Waals surface area contributed by atoms with Crippen molar-refractivity contribution in [3.8, 4) is 18.1 Å². The van der Waals surface area contributed by atoms with E-state index in [9.17, 15) is 0 Å². The normalized spacial score (nSPS) is 12.2. The first-order valence-electron chi connectivity index (χ1n) is 5.81. The van der Waals surface area contributed by atoms with E-state index in [1.54, 1.807) is 0 Å². The van der Waals surface area contributed by atoms with Crippen LogP contribution in [0.4, 0.5) is 0 Å². The molecule has 3 heteroatoms. The molecule has 0 saturated heterocycles. The molecule has 3 N–H and O–H groups in total. The molecular weight excluding hydrogens is 212 g/mol. The summed E-state index contributed by atoms with van der Waals surface area (Å²) in [5.74, 6) is 3.42. The number of nitrogens with two attached hydrogens (primary N) is 1. The van der Waals surface area contributed by atoms with Crippen LogP contribution in [0.3, 0.4) is 0 Å². The molecule has 0 aliphatic carbocycles. The van der Waals surface area contributed by atoms with E-state index in [0.29, 0.717) is 13.1 Å². The van der Waals surface area contributed by atoms with Gasteiger partial charge in [0.25, 0.3) is 0 Å². The average Bonchev–Trinajstić information content (AvgIpc) is 2.31. The minimum absolute atomic E-state index is 0.0964. The summed E-state index contributed by atoms with van der Waals surface area (Å²) in [6.07, 6.45) is 5.40. The molecule has 1 aromatic rings. The fourth-order valence-corrected chi connectivity index (χ4v) is 1.57. The second kappa shape index (κ2) is 6.95. The number of hydrogen-bond acceptors (Lipinski definition) is 3. The van der Waals surface area contributed by atoms with E-state index in [1.165, 1.54) is 0 Å². The Morgan fingerprint density at radius 3 is 2.47 bits per heavy atom. The van der Waals surface area contributed by atoms with E-state index in [1.807, 2.05) is 38.1 Å². The third-order valence-electron chi connectivity index (χ3n) is 2.34. The van der Waals surface area contributed by atoms with Crippen LogP contribution >= 0.6 is 0 Å². The van der Waals surface area contributed by atoms with Gasteiger partial charge in [0.15, 0.2) is 0 Å². The number of hydrogen-bond donors (Lipinski definition) is 2. The minimum Gasteiger partial charge on any atom is -0.491 e. The fourth-order valence-electron chi connectivity index (χ4n) is 1.57. The first-order valence-corrected chi connectivity index (χ1v) is 5.81. The lowest BCUT2D eigenvalue weighted by molar-refractivity contribution is 0.242. The van der Waals surface area contributed by atoms with Crippen LogP contribution in [0.15, 0.2) is 24.3 Å². The molecule has 0 aliphatic rings. The Bertz CT molecular complexity index is 365. The molecule has 0 bridgehead atoms. The van der Waals surface area contributed by atoms with Crippen LogP contribution in [0.5, 0.6) is 5.75 Å². The Hall–Kier alpha value is -1.50. The first kappa shape index (κ1) is 13.6. The molecule has 92 valence electrons. The maximum Gasteiger partial charge on any atom is 0.119 e. The number of nitrogens with one attached hydrogen (secondary N) is 1. The summed E-state index contributed by atoms with van der Waals surface area (Å²) >= 11 is 0. The topological polar surface area (TPSA) is 47.3 Å². The molecule has 1 aromatic carbocycles. The van der Waals surface area contributed by atoms with E-state index >= 15 is 0 Å². The Kier molecular flexibility index (Phi) is 5.55. The molecular formula is C14H20N2O. The molecule has 0 aromatic heterocycles. The molecule has 0 amide bonds. The highest BCUT2D eigenvalue weighted by molar-refractivity contribution is 5.29. The van der Waals surface area contributed by atoms with Gasteiger partial charge >= 0.3 is 0 Å². The maximum absolute atomic E-state index is 5.70. The van der Waals surface area contributed by atoms with Crippen LogP contribution in [0, 0.1) is 12.3 Å². The summed E-state index contributed by atoms with van der Waals surface area (Å²) in [6.45, 7) is 5.05. The molecule has 1 rings (SSSR count). The van der Waals surface area contributed by atoms with Gasteiger partial charge in [-0.25, -0.2) is 0 Å². The second-order valence-electron chi connectivity index (χ2n) is 4.11. The second-order valence-corrected chi connectivity index (χ2v) is 4.11. The van der Waals surface area contributed by atoms with Crippen LogP contribution in [0.1, 0.15) is 25.5 Å². The number of ether oxygens (including phenoxy) is 1.